The maximum absolute atomic E-state index is 13.2. The molecule has 0 spiro atoms. The lowest BCUT2D eigenvalue weighted by molar-refractivity contribution is 0.145. The minimum Gasteiger partial charge on any atom is -0.383 e. The molecule has 5 heteroatoms. The Morgan fingerprint density at radius 3 is 3.00 bits per heavy atom. The smallest absolute Gasteiger partial charge is 0.141 e. The molecule has 1 aromatic rings. The average Bonchev–Trinajstić information content (AvgIpc) is 2.88. The van der Waals surface area contributed by atoms with E-state index in [-0.39, 0.29) is 16.3 Å². The Labute approximate surface area is 124 Å². The van der Waals surface area contributed by atoms with Crippen molar-refractivity contribution in [3.63, 3.8) is 0 Å². The van der Waals surface area contributed by atoms with E-state index in [9.17, 15) is 4.39 Å². The first kappa shape index (κ1) is 15.7. The van der Waals surface area contributed by atoms with Gasteiger partial charge >= 0.3 is 0 Å². The van der Waals surface area contributed by atoms with E-state index in [0.717, 1.165) is 44.7 Å². The highest BCUT2D eigenvalue weighted by Crippen LogP contribution is 2.33. The summed E-state index contributed by atoms with van der Waals surface area (Å²) in [6.45, 7) is 3.88. The molecule has 1 heterocycles. The molecule has 1 unspecified atom stereocenters. The van der Waals surface area contributed by atoms with Crippen LogP contribution in [0.25, 0.3) is 0 Å². The van der Waals surface area contributed by atoms with Gasteiger partial charge in [0.15, 0.2) is 0 Å². The molecule has 1 saturated heterocycles. The Kier molecular flexibility index (Phi) is 5.78. The summed E-state index contributed by atoms with van der Waals surface area (Å²) >= 11 is 5.85. The molecular weight excluding hydrogens is 281 g/mol. The van der Waals surface area contributed by atoms with Crippen LogP contribution in [0.1, 0.15) is 12.0 Å². The molecule has 112 valence electrons. The van der Waals surface area contributed by atoms with Gasteiger partial charge in [-0.15, -0.1) is 0 Å². The van der Waals surface area contributed by atoms with Crippen molar-refractivity contribution in [2.24, 2.45) is 5.41 Å². The van der Waals surface area contributed by atoms with Gasteiger partial charge in [0.1, 0.15) is 5.82 Å². The summed E-state index contributed by atoms with van der Waals surface area (Å²) in [7, 11) is 1.69. The van der Waals surface area contributed by atoms with Gasteiger partial charge in [0, 0.05) is 32.2 Å². The van der Waals surface area contributed by atoms with Gasteiger partial charge in [-0.2, -0.15) is 0 Å². The molecule has 1 aromatic carbocycles. The third-order valence-corrected chi connectivity index (χ3v) is 4.02. The summed E-state index contributed by atoms with van der Waals surface area (Å²) in [4.78, 5) is 0. The van der Waals surface area contributed by atoms with Crippen molar-refractivity contribution in [1.29, 1.82) is 0 Å². The summed E-state index contributed by atoms with van der Waals surface area (Å²) in [5.74, 6) is -0.370. The second-order valence-corrected chi connectivity index (χ2v) is 5.80. The van der Waals surface area contributed by atoms with Crippen LogP contribution in [0.2, 0.25) is 5.02 Å². The number of nitrogens with one attached hydrogen (secondary N) is 1. The molecule has 0 aromatic heterocycles. The van der Waals surface area contributed by atoms with Crippen LogP contribution in [-0.2, 0) is 15.9 Å². The Bertz CT molecular complexity index is 436. The van der Waals surface area contributed by atoms with Gasteiger partial charge in [-0.3, -0.25) is 0 Å². The summed E-state index contributed by atoms with van der Waals surface area (Å²) in [5.41, 5.74) is 1.12. The van der Waals surface area contributed by atoms with Gasteiger partial charge in [-0.25, -0.2) is 4.39 Å². The fourth-order valence-corrected chi connectivity index (χ4v) is 2.80. The first-order chi connectivity index (χ1) is 9.65. The number of methoxy groups -OCH3 is 1. The van der Waals surface area contributed by atoms with Crippen LogP contribution < -0.4 is 5.32 Å². The lowest BCUT2D eigenvalue weighted by Gasteiger charge is -2.28. The van der Waals surface area contributed by atoms with Crippen molar-refractivity contribution in [2.45, 2.75) is 12.8 Å². The Morgan fingerprint density at radius 1 is 1.50 bits per heavy atom. The molecular formula is C15H21ClFNO2. The molecule has 0 bridgehead atoms. The van der Waals surface area contributed by atoms with E-state index >= 15 is 0 Å². The fourth-order valence-electron chi connectivity index (χ4n) is 2.60. The van der Waals surface area contributed by atoms with E-state index in [1.54, 1.807) is 19.2 Å². The first-order valence-corrected chi connectivity index (χ1v) is 7.24. The SMILES string of the molecule is COCCNCC1(Cc2ccc(F)c(Cl)c2)CCOC1. The largest absolute Gasteiger partial charge is 0.383 e. The average molecular weight is 302 g/mol. The van der Waals surface area contributed by atoms with Crippen molar-refractivity contribution in [1.82, 2.24) is 5.32 Å². The molecule has 1 fully saturated rings. The zero-order valence-corrected chi connectivity index (χ0v) is 12.5. The van der Waals surface area contributed by atoms with Crippen LogP contribution in [0, 0.1) is 11.2 Å². The second kappa shape index (κ2) is 7.36. The molecule has 0 aliphatic carbocycles. The molecule has 3 nitrogen and oxygen atoms in total. The van der Waals surface area contributed by atoms with Crippen molar-refractivity contribution in [2.75, 3.05) is 40.0 Å². The second-order valence-electron chi connectivity index (χ2n) is 5.40. The van der Waals surface area contributed by atoms with E-state index < -0.39 is 0 Å². The summed E-state index contributed by atoms with van der Waals surface area (Å²) < 4.78 is 23.8. The fraction of sp³-hybridized carbons (Fsp3) is 0.600. The topological polar surface area (TPSA) is 30.5 Å². The molecule has 0 radical (unpaired) electrons. The number of ether oxygens (including phenoxy) is 2. The van der Waals surface area contributed by atoms with E-state index in [2.05, 4.69) is 5.32 Å². The van der Waals surface area contributed by atoms with Crippen molar-refractivity contribution < 1.29 is 13.9 Å². The Hall–Kier alpha value is -0.680. The highest BCUT2D eigenvalue weighted by Gasteiger charge is 2.34. The zero-order chi connectivity index (χ0) is 14.4. The lowest BCUT2D eigenvalue weighted by atomic mass is 9.81. The van der Waals surface area contributed by atoms with E-state index in [1.165, 1.54) is 6.07 Å². The standard InChI is InChI=1S/C15H21ClFNO2/c1-19-7-5-18-10-15(4-6-20-11-15)9-12-2-3-14(17)13(16)8-12/h2-3,8,18H,4-7,9-11H2,1H3. The van der Waals surface area contributed by atoms with Gasteiger partial charge in [0.25, 0.3) is 0 Å². The van der Waals surface area contributed by atoms with Crippen LogP contribution in [0.3, 0.4) is 0 Å². The van der Waals surface area contributed by atoms with Crippen LogP contribution >= 0.6 is 11.6 Å². The van der Waals surface area contributed by atoms with Crippen LogP contribution in [0.5, 0.6) is 0 Å². The summed E-state index contributed by atoms with van der Waals surface area (Å²) in [5, 5.41) is 3.59. The maximum atomic E-state index is 13.2. The van der Waals surface area contributed by atoms with E-state index in [4.69, 9.17) is 21.1 Å². The van der Waals surface area contributed by atoms with Gasteiger partial charge in [-0.1, -0.05) is 17.7 Å². The quantitative estimate of drug-likeness (QED) is 0.786. The van der Waals surface area contributed by atoms with E-state index in [1.807, 2.05) is 0 Å². The number of hydrogen-bond donors (Lipinski definition) is 1. The van der Waals surface area contributed by atoms with Crippen molar-refractivity contribution in [3.8, 4) is 0 Å². The molecule has 0 amide bonds. The predicted octanol–water partition coefficient (Wildman–Crippen LogP) is 2.66. The predicted molar refractivity (Wildman–Crippen MR) is 77.7 cm³/mol. The van der Waals surface area contributed by atoms with E-state index in [0.29, 0.717) is 6.61 Å². The first-order valence-electron chi connectivity index (χ1n) is 6.87. The summed E-state index contributed by atoms with van der Waals surface area (Å²) in [6, 6.07) is 4.95. The molecule has 20 heavy (non-hydrogen) atoms. The summed E-state index contributed by atoms with van der Waals surface area (Å²) in [6.07, 6.45) is 1.84. The number of rotatable bonds is 7. The van der Waals surface area contributed by atoms with Crippen LogP contribution in [-0.4, -0.2) is 40.0 Å². The van der Waals surface area contributed by atoms with Crippen molar-refractivity contribution >= 4 is 11.6 Å². The normalized spacial score (nSPS) is 22.4. The van der Waals surface area contributed by atoms with Gasteiger partial charge in [-0.05, 0) is 30.5 Å². The molecule has 1 atom stereocenters. The van der Waals surface area contributed by atoms with Crippen LogP contribution in [0.4, 0.5) is 4.39 Å². The minimum atomic E-state index is -0.370. The third-order valence-electron chi connectivity index (χ3n) is 3.73. The highest BCUT2D eigenvalue weighted by atomic mass is 35.5. The van der Waals surface area contributed by atoms with Gasteiger partial charge < -0.3 is 14.8 Å². The minimum absolute atomic E-state index is 0.0644. The zero-order valence-electron chi connectivity index (χ0n) is 11.8. The monoisotopic (exact) mass is 301 g/mol. The lowest BCUT2D eigenvalue weighted by Crippen LogP contribution is -2.38. The number of halogens is 2. The number of hydrogen-bond acceptors (Lipinski definition) is 3. The number of benzene rings is 1. The Balaban J connectivity index is 1.99. The molecule has 1 aliphatic rings. The van der Waals surface area contributed by atoms with Crippen molar-refractivity contribution in [3.05, 3.63) is 34.6 Å². The van der Waals surface area contributed by atoms with Gasteiger partial charge in [0.2, 0.25) is 0 Å². The Morgan fingerprint density at radius 2 is 2.35 bits per heavy atom. The highest BCUT2D eigenvalue weighted by molar-refractivity contribution is 6.30. The molecule has 1 N–H and O–H groups in total. The molecule has 0 saturated carbocycles. The van der Waals surface area contributed by atoms with Crippen LogP contribution in [0.15, 0.2) is 18.2 Å². The van der Waals surface area contributed by atoms with Gasteiger partial charge in [0.05, 0.1) is 18.2 Å². The third kappa shape index (κ3) is 4.16. The molecule has 1 aliphatic heterocycles. The maximum Gasteiger partial charge on any atom is 0.141 e. The molecule has 2 rings (SSSR count).